The van der Waals surface area contributed by atoms with Gasteiger partial charge in [0.1, 0.15) is 0 Å². The number of nitrogens with one attached hydrogen (secondary N) is 1. The maximum Gasteiger partial charge on any atom is 0.243 e. The Bertz CT molecular complexity index is 547. The van der Waals surface area contributed by atoms with E-state index in [2.05, 4.69) is 10.2 Å². The van der Waals surface area contributed by atoms with E-state index in [-0.39, 0.29) is 0 Å². The van der Waals surface area contributed by atoms with Crippen LogP contribution >= 0.6 is 0 Å². The second kappa shape index (κ2) is 6.87. The molecule has 21 heavy (non-hydrogen) atoms. The van der Waals surface area contributed by atoms with Gasteiger partial charge < -0.3 is 10.2 Å². The minimum atomic E-state index is -3.35. The smallest absolute Gasteiger partial charge is 0.243 e. The fourth-order valence-corrected chi connectivity index (χ4v) is 4.14. The Morgan fingerprint density at radius 1 is 1.19 bits per heavy atom. The van der Waals surface area contributed by atoms with Crippen LogP contribution in [0.3, 0.4) is 0 Å². The molecular formula is C15H25N3O2S. The SMILES string of the molecule is CNC1CCN(S(=O)(=O)c2ccc(CN(C)C)cc2)CC1. The van der Waals surface area contributed by atoms with Crippen molar-refractivity contribution in [2.45, 2.75) is 30.3 Å². The predicted molar refractivity (Wildman–Crippen MR) is 84.7 cm³/mol. The molecule has 6 heteroatoms. The number of nitrogens with zero attached hydrogens (tertiary/aromatic N) is 2. The third-order valence-electron chi connectivity index (χ3n) is 3.92. The van der Waals surface area contributed by atoms with E-state index in [0.29, 0.717) is 24.0 Å². The highest BCUT2D eigenvalue weighted by Crippen LogP contribution is 2.21. The minimum absolute atomic E-state index is 0.396. The van der Waals surface area contributed by atoms with E-state index < -0.39 is 10.0 Å². The van der Waals surface area contributed by atoms with Crippen molar-refractivity contribution >= 4 is 10.0 Å². The van der Waals surface area contributed by atoms with Gasteiger partial charge in [0.05, 0.1) is 4.90 Å². The maximum absolute atomic E-state index is 12.6. The van der Waals surface area contributed by atoms with Crippen molar-refractivity contribution in [1.29, 1.82) is 0 Å². The molecule has 0 aromatic heterocycles. The number of benzene rings is 1. The summed E-state index contributed by atoms with van der Waals surface area (Å²) in [6, 6.07) is 7.66. The van der Waals surface area contributed by atoms with E-state index in [1.807, 2.05) is 33.3 Å². The highest BCUT2D eigenvalue weighted by Gasteiger charge is 2.28. The number of sulfonamides is 1. The van der Waals surface area contributed by atoms with Gasteiger partial charge in [0.2, 0.25) is 10.0 Å². The van der Waals surface area contributed by atoms with Gasteiger partial charge in [-0.05, 0) is 51.7 Å². The highest BCUT2D eigenvalue weighted by atomic mass is 32.2. The van der Waals surface area contributed by atoms with Gasteiger partial charge in [-0.25, -0.2) is 8.42 Å². The molecule has 1 aliphatic rings. The van der Waals surface area contributed by atoms with Crippen molar-refractivity contribution in [3.63, 3.8) is 0 Å². The Labute approximate surface area is 128 Å². The highest BCUT2D eigenvalue weighted by molar-refractivity contribution is 7.89. The van der Waals surface area contributed by atoms with E-state index >= 15 is 0 Å². The minimum Gasteiger partial charge on any atom is -0.317 e. The molecule has 1 heterocycles. The first-order chi connectivity index (χ1) is 9.93. The number of hydrogen-bond acceptors (Lipinski definition) is 4. The molecule has 1 aliphatic heterocycles. The van der Waals surface area contributed by atoms with Gasteiger partial charge in [0.25, 0.3) is 0 Å². The van der Waals surface area contributed by atoms with Crippen LogP contribution in [0.25, 0.3) is 0 Å². The second-order valence-electron chi connectivity index (χ2n) is 5.85. The third kappa shape index (κ3) is 4.03. The van der Waals surface area contributed by atoms with Gasteiger partial charge in [-0.2, -0.15) is 4.31 Å². The number of hydrogen-bond donors (Lipinski definition) is 1. The lowest BCUT2D eigenvalue weighted by molar-refractivity contribution is 0.298. The summed E-state index contributed by atoms with van der Waals surface area (Å²) in [4.78, 5) is 2.46. The molecule has 1 saturated heterocycles. The average molecular weight is 311 g/mol. The summed E-state index contributed by atoms with van der Waals surface area (Å²) >= 11 is 0. The van der Waals surface area contributed by atoms with E-state index in [1.165, 1.54) is 0 Å². The monoisotopic (exact) mass is 311 g/mol. The number of piperidine rings is 1. The summed E-state index contributed by atoms with van der Waals surface area (Å²) in [5, 5.41) is 3.22. The molecule has 0 radical (unpaired) electrons. The quantitative estimate of drug-likeness (QED) is 0.885. The van der Waals surface area contributed by atoms with Crippen LogP contribution in [0.2, 0.25) is 0 Å². The topological polar surface area (TPSA) is 52.7 Å². The zero-order valence-electron chi connectivity index (χ0n) is 13.0. The predicted octanol–water partition coefficient (Wildman–Crippen LogP) is 1.12. The maximum atomic E-state index is 12.6. The van der Waals surface area contributed by atoms with Crippen molar-refractivity contribution < 1.29 is 8.42 Å². The molecule has 0 bridgehead atoms. The van der Waals surface area contributed by atoms with Crippen molar-refractivity contribution in [2.75, 3.05) is 34.2 Å². The van der Waals surface area contributed by atoms with Gasteiger partial charge in [-0.1, -0.05) is 12.1 Å². The molecule has 0 aliphatic carbocycles. The van der Waals surface area contributed by atoms with Crippen LogP contribution in [0.4, 0.5) is 0 Å². The molecule has 1 N–H and O–H groups in total. The lowest BCUT2D eigenvalue weighted by atomic mass is 10.1. The van der Waals surface area contributed by atoms with Gasteiger partial charge in [0.15, 0.2) is 0 Å². The molecule has 5 nitrogen and oxygen atoms in total. The Morgan fingerprint density at radius 3 is 2.24 bits per heavy atom. The molecule has 118 valence electrons. The van der Waals surface area contributed by atoms with Crippen molar-refractivity contribution in [2.24, 2.45) is 0 Å². The zero-order chi connectivity index (χ0) is 15.5. The Hall–Kier alpha value is -0.950. The molecule has 0 amide bonds. The van der Waals surface area contributed by atoms with E-state index in [9.17, 15) is 8.42 Å². The zero-order valence-corrected chi connectivity index (χ0v) is 13.9. The molecule has 0 saturated carbocycles. The number of rotatable bonds is 5. The van der Waals surface area contributed by atoms with Crippen LogP contribution in [0.1, 0.15) is 18.4 Å². The summed E-state index contributed by atoms with van der Waals surface area (Å²) in [7, 11) is 2.58. The average Bonchev–Trinajstić information content (AvgIpc) is 2.47. The van der Waals surface area contributed by atoms with Crippen LogP contribution in [0, 0.1) is 0 Å². The summed E-state index contributed by atoms with van der Waals surface area (Å²) in [6.45, 7) is 1.99. The fourth-order valence-electron chi connectivity index (χ4n) is 2.67. The molecule has 1 fully saturated rings. The van der Waals surface area contributed by atoms with Gasteiger partial charge in [-0.3, -0.25) is 0 Å². The Balaban J connectivity index is 2.09. The normalized spacial score (nSPS) is 18.3. The molecule has 1 aromatic rings. The molecule has 1 aromatic carbocycles. The largest absolute Gasteiger partial charge is 0.317 e. The summed E-state index contributed by atoms with van der Waals surface area (Å²) in [5.74, 6) is 0. The van der Waals surface area contributed by atoms with Crippen LogP contribution < -0.4 is 5.32 Å². The molecule has 2 rings (SSSR count). The van der Waals surface area contributed by atoms with Gasteiger partial charge in [-0.15, -0.1) is 0 Å². The van der Waals surface area contributed by atoms with E-state index in [0.717, 1.165) is 24.9 Å². The second-order valence-corrected chi connectivity index (χ2v) is 7.79. The molecule has 0 unspecified atom stereocenters. The van der Waals surface area contributed by atoms with Crippen LogP contribution in [-0.2, 0) is 16.6 Å². The van der Waals surface area contributed by atoms with Crippen molar-refractivity contribution in [1.82, 2.24) is 14.5 Å². The summed E-state index contributed by atoms with van der Waals surface area (Å²) in [6.07, 6.45) is 1.74. The fraction of sp³-hybridized carbons (Fsp3) is 0.600. The lowest BCUT2D eigenvalue weighted by Gasteiger charge is -2.31. The first-order valence-corrected chi connectivity index (χ1v) is 8.78. The van der Waals surface area contributed by atoms with Crippen LogP contribution in [0.15, 0.2) is 29.2 Å². The Morgan fingerprint density at radius 2 is 1.76 bits per heavy atom. The lowest BCUT2D eigenvalue weighted by Crippen LogP contribution is -2.43. The van der Waals surface area contributed by atoms with E-state index in [4.69, 9.17) is 0 Å². The Kier molecular flexibility index (Phi) is 5.37. The van der Waals surface area contributed by atoms with Crippen LogP contribution in [0.5, 0.6) is 0 Å². The standard InChI is InChI=1S/C15H25N3O2S/c1-16-14-8-10-18(11-9-14)21(19,20)15-6-4-13(5-7-15)12-17(2)3/h4-7,14,16H,8-12H2,1-3H3. The van der Waals surface area contributed by atoms with Gasteiger partial charge >= 0.3 is 0 Å². The van der Waals surface area contributed by atoms with Crippen LogP contribution in [-0.4, -0.2) is 57.9 Å². The first kappa shape index (κ1) is 16.4. The van der Waals surface area contributed by atoms with Crippen molar-refractivity contribution in [3.05, 3.63) is 29.8 Å². The molecular weight excluding hydrogens is 286 g/mol. The first-order valence-electron chi connectivity index (χ1n) is 7.34. The van der Waals surface area contributed by atoms with E-state index in [1.54, 1.807) is 16.4 Å². The van der Waals surface area contributed by atoms with Gasteiger partial charge in [0, 0.05) is 25.7 Å². The molecule has 0 spiro atoms. The molecule has 0 atom stereocenters. The van der Waals surface area contributed by atoms with Crippen molar-refractivity contribution in [3.8, 4) is 0 Å². The summed E-state index contributed by atoms with van der Waals surface area (Å²) < 4.78 is 26.8. The summed E-state index contributed by atoms with van der Waals surface area (Å²) in [5.41, 5.74) is 1.12. The third-order valence-corrected chi connectivity index (χ3v) is 5.83.